The Morgan fingerprint density at radius 3 is 1.74 bits per heavy atom. The van der Waals surface area contributed by atoms with E-state index in [9.17, 15) is 24.6 Å². The van der Waals surface area contributed by atoms with Crippen LogP contribution in [0, 0.1) is 11.8 Å². The largest absolute Gasteiger partial charge is 0.394 e. The Morgan fingerprint density at radius 2 is 1.43 bits per heavy atom. The standard InChI is InChI=1S/C11H19NO6.C3H8O2/c1-5(2)4-7(13)18-11(17)9(15)6(3)8(14)10(12)16;1-3(5)2-4/h5-6,8-9,14-15H,4H2,1-3H3,(H2,12,16);3-5H,2H2,1H3. The molecule has 0 radical (unpaired) electrons. The lowest BCUT2D eigenvalue weighted by Crippen LogP contribution is -2.43. The summed E-state index contributed by atoms with van der Waals surface area (Å²) >= 11 is 0. The number of rotatable bonds is 7. The van der Waals surface area contributed by atoms with E-state index < -0.39 is 42.1 Å². The van der Waals surface area contributed by atoms with Gasteiger partial charge in [0, 0.05) is 12.3 Å². The van der Waals surface area contributed by atoms with Crippen LogP contribution in [-0.2, 0) is 19.1 Å². The van der Waals surface area contributed by atoms with Gasteiger partial charge in [-0.05, 0) is 12.8 Å². The molecule has 0 aromatic carbocycles. The molecule has 0 saturated carbocycles. The van der Waals surface area contributed by atoms with Gasteiger partial charge in [0.2, 0.25) is 5.91 Å². The summed E-state index contributed by atoms with van der Waals surface area (Å²) in [7, 11) is 0. The van der Waals surface area contributed by atoms with E-state index in [0.717, 1.165) is 0 Å². The van der Waals surface area contributed by atoms with Gasteiger partial charge in [-0.2, -0.15) is 0 Å². The molecule has 9 nitrogen and oxygen atoms in total. The fraction of sp³-hybridized carbons (Fsp3) is 0.786. The summed E-state index contributed by atoms with van der Waals surface area (Å²) in [4.78, 5) is 33.2. The molecule has 4 atom stereocenters. The topological polar surface area (TPSA) is 167 Å². The molecule has 0 aromatic heterocycles. The quantitative estimate of drug-likeness (QED) is 0.271. The van der Waals surface area contributed by atoms with E-state index in [0.29, 0.717) is 0 Å². The maximum Gasteiger partial charge on any atom is 0.342 e. The van der Waals surface area contributed by atoms with Crippen molar-refractivity contribution in [1.82, 2.24) is 0 Å². The van der Waals surface area contributed by atoms with Gasteiger partial charge in [0.25, 0.3) is 0 Å². The Hall–Kier alpha value is -1.55. The second-order valence-corrected chi connectivity index (χ2v) is 5.57. The fourth-order valence-electron chi connectivity index (χ4n) is 1.19. The zero-order chi connectivity index (χ0) is 18.7. The first-order valence-corrected chi connectivity index (χ1v) is 7.12. The van der Waals surface area contributed by atoms with Crippen molar-refractivity contribution in [1.29, 1.82) is 0 Å². The molecule has 0 bridgehead atoms. The van der Waals surface area contributed by atoms with E-state index in [4.69, 9.17) is 15.9 Å². The number of aliphatic hydroxyl groups excluding tert-OH is 4. The summed E-state index contributed by atoms with van der Waals surface area (Å²) in [5.41, 5.74) is 4.82. The molecule has 0 spiro atoms. The monoisotopic (exact) mass is 337 g/mol. The molecule has 0 aliphatic carbocycles. The SMILES string of the molecule is CC(C)CC(=O)OC(=O)C(O)C(C)C(O)C(N)=O.CC(O)CO. The highest BCUT2D eigenvalue weighted by Gasteiger charge is 2.33. The van der Waals surface area contributed by atoms with Crippen LogP contribution < -0.4 is 5.73 Å². The van der Waals surface area contributed by atoms with E-state index in [-0.39, 0.29) is 18.9 Å². The number of esters is 2. The molecule has 0 aromatic rings. The predicted molar refractivity (Wildman–Crippen MR) is 79.7 cm³/mol. The van der Waals surface area contributed by atoms with E-state index in [1.807, 2.05) is 0 Å². The lowest BCUT2D eigenvalue weighted by molar-refractivity contribution is -0.169. The molecule has 23 heavy (non-hydrogen) atoms. The van der Waals surface area contributed by atoms with Gasteiger partial charge in [-0.25, -0.2) is 4.79 Å². The molecule has 0 aliphatic heterocycles. The molecule has 0 fully saturated rings. The minimum Gasteiger partial charge on any atom is -0.394 e. The molecular formula is C14H27NO8. The smallest absolute Gasteiger partial charge is 0.342 e. The predicted octanol–water partition coefficient (Wildman–Crippen LogP) is -1.69. The van der Waals surface area contributed by atoms with Gasteiger partial charge < -0.3 is 30.9 Å². The highest BCUT2D eigenvalue weighted by Crippen LogP contribution is 2.11. The zero-order valence-corrected chi connectivity index (χ0v) is 13.8. The minimum absolute atomic E-state index is 0.0103. The Labute approximate surface area is 135 Å². The maximum absolute atomic E-state index is 11.3. The Kier molecular flexibility index (Phi) is 12.3. The van der Waals surface area contributed by atoms with Gasteiger partial charge >= 0.3 is 11.9 Å². The van der Waals surface area contributed by atoms with E-state index in [1.165, 1.54) is 13.8 Å². The Morgan fingerprint density at radius 1 is 1.00 bits per heavy atom. The molecule has 0 rings (SSSR count). The number of primary amides is 1. The van der Waals surface area contributed by atoms with Crippen LogP contribution in [0.3, 0.4) is 0 Å². The summed E-state index contributed by atoms with van der Waals surface area (Å²) in [6.45, 7) is 6.16. The van der Waals surface area contributed by atoms with E-state index >= 15 is 0 Å². The maximum atomic E-state index is 11.3. The second kappa shape index (κ2) is 11.9. The van der Waals surface area contributed by atoms with Crippen LogP contribution in [0.2, 0.25) is 0 Å². The summed E-state index contributed by atoms with van der Waals surface area (Å²) in [6, 6.07) is 0. The van der Waals surface area contributed by atoms with Crippen molar-refractivity contribution in [3.63, 3.8) is 0 Å². The third-order valence-electron chi connectivity index (χ3n) is 2.58. The van der Waals surface area contributed by atoms with Crippen molar-refractivity contribution in [3.8, 4) is 0 Å². The van der Waals surface area contributed by atoms with Gasteiger partial charge in [0.1, 0.15) is 6.10 Å². The first kappa shape index (κ1) is 23.7. The summed E-state index contributed by atoms with van der Waals surface area (Å²) in [5.74, 6) is -4.18. The average Bonchev–Trinajstić information content (AvgIpc) is 2.44. The first-order valence-electron chi connectivity index (χ1n) is 7.12. The molecule has 0 aliphatic rings. The number of aliphatic hydroxyl groups is 4. The van der Waals surface area contributed by atoms with Gasteiger partial charge in [-0.3, -0.25) is 9.59 Å². The van der Waals surface area contributed by atoms with Crippen LogP contribution in [0.5, 0.6) is 0 Å². The van der Waals surface area contributed by atoms with Crippen molar-refractivity contribution in [2.75, 3.05) is 6.61 Å². The third kappa shape index (κ3) is 11.6. The number of carbonyl (C=O) groups excluding carboxylic acids is 3. The third-order valence-corrected chi connectivity index (χ3v) is 2.58. The number of amides is 1. The summed E-state index contributed by atoms with van der Waals surface area (Å²) in [6.07, 6.45) is -4.00. The van der Waals surface area contributed by atoms with Crippen molar-refractivity contribution in [2.24, 2.45) is 17.6 Å². The molecule has 0 heterocycles. The first-order chi connectivity index (χ1) is 10.4. The zero-order valence-electron chi connectivity index (χ0n) is 13.8. The van der Waals surface area contributed by atoms with E-state index in [1.54, 1.807) is 13.8 Å². The summed E-state index contributed by atoms with van der Waals surface area (Å²) < 4.78 is 4.38. The highest BCUT2D eigenvalue weighted by molar-refractivity contribution is 5.88. The van der Waals surface area contributed by atoms with Gasteiger partial charge in [-0.1, -0.05) is 20.8 Å². The minimum atomic E-state index is -1.79. The molecule has 9 heteroatoms. The molecule has 1 amide bonds. The molecular weight excluding hydrogens is 310 g/mol. The highest BCUT2D eigenvalue weighted by atomic mass is 16.6. The molecule has 6 N–H and O–H groups in total. The van der Waals surface area contributed by atoms with E-state index in [2.05, 4.69) is 4.74 Å². The Bertz CT molecular complexity index is 383. The number of carbonyl (C=O) groups is 3. The second-order valence-electron chi connectivity index (χ2n) is 5.57. The van der Waals surface area contributed by atoms with Crippen molar-refractivity contribution < 1.29 is 39.5 Å². The normalized spacial score (nSPS) is 15.7. The number of hydrogen-bond acceptors (Lipinski definition) is 8. The van der Waals surface area contributed by atoms with Crippen LogP contribution in [0.1, 0.15) is 34.1 Å². The van der Waals surface area contributed by atoms with Gasteiger partial charge in [-0.15, -0.1) is 0 Å². The van der Waals surface area contributed by atoms with Crippen molar-refractivity contribution in [3.05, 3.63) is 0 Å². The summed E-state index contributed by atoms with van der Waals surface area (Å²) in [5, 5.41) is 34.8. The Balaban J connectivity index is 0. The van der Waals surface area contributed by atoms with Crippen LogP contribution in [0.15, 0.2) is 0 Å². The number of ether oxygens (including phenoxy) is 1. The van der Waals surface area contributed by atoms with Crippen molar-refractivity contribution in [2.45, 2.75) is 52.4 Å². The van der Waals surface area contributed by atoms with Crippen molar-refractivity contribution >= 4 is 17.8 Å². The number of hydrogen-bond donors (Lipinski definition) is 5. The van der Waals surface area contributed by atoms with Crippen LogP contribution >= 0.6 is 0 Å². The van der Waals surface area contributed by atoms with Crippen LogP contribution in [-0.4, -0.2) is 63.2 Å². The van der Waals surface area contributed by atoms with Crippen LogP contribution in [0.4, 0.5) is 0 Å². The fourth-order valence-corrected chi connectivity index (χ4v) is 1.19. The van der Waals surface area contributed by atoms with Crippen LogP contribution in [0.25, 0.3) is 0 Å². The van der Waals surface area contributed by atoms with Gasteiger partial charge in [0.15, 0.2) is 6.10 Å². The van der Waals surface area contributed by atoms with Gasteiger partial charge in [0.05, 0.1) is 12.7 Å². The molecule has 136 valence electrons. The average molecular weight is 337 g/mol. The lowest BCUT2D eigenvalue weighted by Gasteiger charge is -2.20. The molecule has 4 unspecified atom stereocenters. The number of nitrogens with two attached hydrogens (primary N) is 1. The molecule has 0 saturated heterocycles. The lowest BCUT2D eigenvalue weighted by atomic mass is 9.97.